The highest BCUT2D eigenvalue weighted by atomic mass is 28.3. The van der Waals surface area contributed by atoms with Crippen LogP contribution in [0.4, 0.5) is 0 Å². The van der Waals surface area contributed by atoms with Crippen LogP contribution < -0.4 is 9.75 Å². The van der Waals surface area contributed by atoms with E-state index < -0.39 is 8.07 Å². The number of hydrogen-bond donors (Lipinski definition) is 0. The highest BCUT2D eigenvalue weighted by Crippen LogP contribution is 2.01. The molecule has 0 spiro atoms. The van der Waals surface area contributed by atoms with Crippen molar-refractivity contribution in [2.24, 2.45) is 0 Å². The van der Waals surface area contributed by atoms with Crippen molar-refractivity contribution >= 4 is 19.0 Å². The van der Waals surface area contributed by atoms with Gasteiger partial charge in [0.1, 0.15) is 0 Å². The first-order valence-electron chi connectivity index (χ1n) is 6.55. The quantitative estimate of drug-likeness (QED) is 0.475. The minimum absolute atomic E-state index is 0.145. The molecule has 0 saturated carbocycles. The van der Waals surface area contributed by atoms with E-state index in [1.807, 2.05) is 47.3 Å². The van der Waals surface area contributed by atoms with Crippen molar-refractivity contribution in [3.63, 3.8) is 0 Å². The molecule has 0 aliphatic rings. The Morgan fingerprint density at radius 3 is 2.11 bits per heavy atom. The molecule has 2 aromatic rings. The number of Topliss-reactive ketones (excluding diaryl/α,β-unsaturated/α-hetero) is 1. The van der Waals surface area contributed by atoms with E-state index >= 15 is 0 Å². The van der Waals surface area contributed by atoms with Crippen LogP contribution in [-0.2, 0) is 6.54 Å². The van der Waals surface area contributed by atoms with Crippen LogP contribution in [0.15, 0.2) is 54.9 Å². The van der Waals surface area contributed by atoms with Crippen molar-refractivity contribution in [3.05, 3.63) is 60.4 Å². The number of pyridine rings is 1. The van der Waals surface area contributed by atoms with E-state index in [0.29, 0.717) is 6.54 Å². The fourth-order valence-corrected chi connectivity index (χ4v) is 3.09. The monoisotopic (exact) mass is 270 g/mol. The molecule has 1 aromatic carbocycles. The van der Waals surface area contributed by atoms with Crippen molar-refractivity contribution in [2.45, 2.75) is 26.2 Å². The van der Waals surface area contributed by atoms with Gasteiger partial charge in [0.2, 0.25) is 12.3 Å². The molecule has 0 atom stereocenters. The SMILES string of the molecule is C[Si](C)(C)c1cc[n+](CC(=O)c2ccccc2)cc1. The Kier molecular flexibility index (Phi) is 3.95. The first kappa shape index (κ1) is 13.7. The average Bonchev–Trinajstić information content (AvgIpc) is 2.39. The van der Waals surface area contributed by atoms with Gasteiger partial charge in [-0.15, -0.1) is 0 Å². The Labute approximate surface area is 115 Å². The molecule has 98 valence electrons. The van der Waals surface area contributed by atoms with Crippen LogP contribution >= 0.6 is 0 Å². The van der Waals surface area contributed by atoms with Gasteiger partial charge >= 0.3 is 0 Å². The molecule has 0 saturated heterocycles. The Morgan fingerprint density at radius 2 is 1.58 bits per heavy atom. The molecular weight excluding hydrogens is 250 g/mol. The third-order valence-corrected chi connectivity index (χ3v) is 5.24. The summed E-state index contributed by atoms with van der Waals surface area (Å²) in [5.74, 6) is 0.145. The Balaban J connectivity index is 2.10. The van der Waals surface area contributed by atoms with Crippen molar-refractivity contribution in [1.82, 2.24) is 0 Å². The Bertz CT molecular complexity index is 556. The maximum Gasteiger partial charge on any atom is 0.227 e. The predicted molar refractivity (Wildman–Crippen MR) is 80.4 cm³/mol. The van der Waals surface area contributed by atoms with Gasteiger partial charge in [-0.1, -0.05) is 50.0 Å². The predicted octanol–water partition coefficient (Wildman–Crippen LogP) is 2.40. The van der Waals surface area contributed by atoms with Crippen LogP contribution in [0.2, 0.25) is 19.6 Å². The third-order valence-electron chi connectivity index (χ3n) is 3.18. The summed E-state index contributed by atoms with van der Waals surface area (Å²) in [5.41, 5.74) is 0.768. The van der Waals surface area contributed by atoms with Gasteiger partial charge in [0.05, 0.1) is 8.07 Å². The van der Waals surface area contributed by atoms with Crippen molar-refractivity contribution < 1.29 is 9.36 Å². The number of carbonyl (C=O) groups excluding carboxylic acids is 1. The van der Waals surface area contributed by atoms with Gasteiger partial charge in [-0.05, 0) is 5.19 Å². The fraction of sp³-hybridized carbons (Fsp3) is 0.250. The van der Waals surface area contributed by atoms with E-state index in [0.717, 1.165) is 5.56 Å². The van der Waals surface area contributed by atoms with Gasteiger partial charge < -0.3 is 0 Å². The molecule has 0 N–H and O–H groups in total. The summed E-state index contributed by atoms with van der Waals surface area (Å²) in [7, 11) is -1.26. The smallest absolute Gasteiger partial charge is 0.227 e. The number of hydrogen-bond acceptors (Lipinski definition) is 1. The minimum atomic E-state index is -1.26. The molecule has 0 aliphatic carbocycles. The molecule has 3 heteroatoms. The second kappa shape index (κ2) is 5.49. The first-order valence-corrected chi connectivity index (χ1v) is 10.0. The lowest BCUT2D eigenvalue weighted by Gasteiger charge is -2.14. The summed E-state index contributed by atoms with van der Waals surface area (Å²) in [4.78, 5) is 12.1. The van der Waals surface area contributed by atoms with E-state index in [1.165, 1.54) is 5.19 Å². The van der Waals surface area contributed by atoms with Gasteiger partial charge in [-0.3, -0.25) is 4.79 Å². The highest BCUT2D eigenvalue weighted by molar-refractivity contribution is 6.88. The number of rotatable bonds is 4. The van der Waals surface area contributed by atoms with E-state index in [1.54, 1.807) is 0 Å². The first-order chi connectivity index (χ1) is 8.97. The molecule has 0 amide bonds. The zero-order valence-corrected chi connectivity index (χ0v) is 12.8. The fourth-order valence-electron chi connectivity index (χ4n) is 1.94. The van der Waals surface area contributed by atoms with Crippen LogP contribution in [0.3, 0.4) is 0 Å². The van der Waals surface area contributed by atoms with Gasteiger partial charge in [-0.25, -0.2) is 0 Å². The number of aromatic nitrogens is 1. The second-order valence-corrected chi connectivity index (χ2v) is 10.9. The van der Waals surface area contributed by atoms with Crippen LogP contribution in [0.5, 0.6) is 0 Å². The summed E-state index contributed by atoms with van der Waals surface area (Å²) < 4.78 is 1.94. The minimum Gasteiger partial charge on any atom is -0.287 e. The Hall–Kier alpha value is -1.74. The average molecular weight is 270 g/mol. The summed E-state index contributed by atoms with van der Waals surface area (Å²) >= 11 is 0. The van der Waals surface area contributed by atoms with E-state index in [4.69, 9.17) is 0 Å². The lowest BCUT2D eigenvalue weighted by atomic mass is 10.1. The van der Waals surface area contributed by atoms with Crippen LogP contribution in [0.1, 0.15) is 10.4 Å². The number of ketones is 1. The van der Waals surface area contributed by atoms with Gasteiger partial charge in [0.15, 0.2) is 12.4 Å². The molecule has 0 bridgehead atoms. The topological polar surface area (TPSA) is 20.9 Å². The molecule has 0 aliphatic heterocycles. The standard InChI is InChI=1S/C16H20NOSi/c1-19(2,3)15-9-11-17(12-10-15)13-16(18)14-7-5-4-6-8-14/h4-12H,13H2,1-3H3/q+1. The molecular formula is C16H20NOSi+. The van der Waals surface area contributed by atoms with E-state index in [9.17, 15) is 4.79 Å². The maximum absolute atomic E-state index is 12.1. The normalized spacial score (nSPS) is 11.3. The van der Waals surface area contributed by atoms with Gasteiger partial charge in [0.25, 0.3) is 0 Å². The molecule has 2 rings (SSSR count). The van der Waals surface area contributed by atoms with Gasteiger partial charge in [0, 0.05) is 17.7 Å². The summed E-state index contributed by atoms with van der Waals surface area (Å²) in [6.45, 7) is 7.36. The second-order valence-electron chi connectivity index (χ2n) is 5.80. The number of carbonyl (C=O) groups is 1. The van der Waals surface area contributed by atoms with E-state index in [-0.39, 0.29) is 5.78 Å². The zero-order chi connectivity index (χ0) is 13.9. The maximum atomic E-state index is 12.1. The molecule has 0 unspecified atom stereocenters. The van der Waals surface area contributed by atoms with Crippen LogP contribution in [-0.4, -0.2) is 13.9 Å². The zero-order valence-electron chi connectivity index (χ0n) is 11.8. The summed E-state index contributed by atoms with van der Waals surface area (Å²) in [6.07, 6.45) is 4.02. The number of benzene rings is 1. The Morgan fingerprint density at radius 1 is 1.00 bits per heavy atom. The molecule has 19 heavy (non-hydrogen) atoms. The van der Waals surface area contributed by atoms with Crippen LogP contribution in [0.25, 0.3) is 0 Å². The molecule has 0 radical (unpaired) electrons. The lowest BCUT2D eigenvalue weighted by molar-refractivity contribution is -0.683. The molecule has 1 aromatic heterocycles. The highest BCUT2D eigenvalue weighted by Gasteiger charge is 2.18. The van der Waals surface area contributed by atoms with E-state index in [2.05, 4.69) is 31.8 Å². The van der Waals surface area contributed by atoms with Gasteiger partial charge in [-0.2, -0.15) is 4.57 Å². The van der Waals surface area contributed by atoms with Crippen molar-refractivity contribution in [3.8, 4) is 0 Å². The lowest BCUT2D eigenvalue weighted by Crippen LogP contribution is -2.43. The van der Waals surface area contributed by atoms with Crippen LogP contribution in [0, 0.1) is 0 Å². The number of nitrogens with zero attached hydrogens (tertiary/aromatic N) is 1. The third kappa shape index (κ3) is 3.61. The molecule has 0 fully saturated rings. The van der Waals surface area contributed by atoms with Crippen molar-refractivity contribution in [2.75, 3.05) is 0 Å². The largest absolute Gasteiger partial charge is 0.287 e. The molecule has 2 nitrogen and oxygen atoms in total. The molecule has 1 heterocycles. The summed E-state index contributed by atoms with van der Waals surface area (Å²) in [5, 5.41) is 1.41. The summed E-state index contributed by atoms with van der Waals surface area (Å²) in [6, 6.07) is 13.7. The van der Waals surface area contributed by atoms with Crippen molar-refractivity contribution in [1.29, 1.82) is 0 Å².